The van der Waals surface area contributed by atoms with Crippen molar-refractivity contribution in [1.82, 2.24) is 0 Å². The zero-order valence-electron chi connectivity index (χ0n) is 10.4. The Labute approximate surface area is 116 Å². The minimum atomic E-state index is -1.22. The van der Waals surface area contributed by atoms with E-state index >= 15 is 0 Å². The average molecular weight is 284 g/mol. The Bertz CT molecular complexity index is 450. The van der Waals surface area contributed by atoms with Gasteiger partial charge in [-0.25, -0.2) is 0 Å². The summed E-state index contributed by atoms with van der Waals surface area (Å²) < 4.78 is 4.42. The first kappa shape index (κ1) is 15.4. The molecule has 7 heteroatoms. The highest BCUT2D eigenvalue weighted by molar-refractivity contribution is 7.80. The summed E-state index contributed by atoms with van der Waals surface area (Å²) in [7, 11) is 1.22. The highest BCUT2D eigenvalue weighted by Gasteiger charge is 2.21. The van der Waals surface area contributed by atoms with E-state index < -0.39 is 18.2 Å². The second-order valence-corrected chi connectivity index (χ2v) is 4.34. The van der Waals surface area contributed by atoms with Crippen LogP contribution in [0.1, 0.15) is 18.1 Å². The molecule has 0 saturated heterocycles. The highest BCUT2D eigenvalue weighted by Crippen LogP contribution is 2.21. The SMILES string of the molecule is COC(=O)CC(O)C(O)c1ccc(NC(N)=S)cc1. The van der Waals surface area contributed by atoms with E-state index in [2.05, 4.69) is 10.1 Å². The van der Waals surface area contributed by atoms with Crippen molar-refractivity contribution < 1.29 is 19.7 Å². The number of carbonyl (C=O) groups is 1. The molecule has 0 aromatic heterocycles. The average Bonchev–Trinajstić information content (AvgIpc) is 2.37. The van der Waals surface area contributed by atoms with Gasteiger partial charge in [-0.15, -0.1) is 0 Å². The van der Waals surface area contributed by atoms with Gasteiger partial charge in [-0.05, 0) is 29.9 Å². The quantitative estimate of drug-likeness (QED) is 0.455. The summed E-state index contributed by atoms with van der Waals surface area (Å²) in [6.45, 7) is 0. The number of aliphatic hydroxyl groups excluding tert-OH is 2. The maximum atomic E-state index is 11.0. The lowest BCUT2D eigenvalue weighted by Gasteiger charge is -2.17. The van der Waals surface area contributed by atoms with Gasteiger partial charge in [-0.3, -0.25) is 4.79 Å². The van der Waals surface area contributed by atoms with Crippen molar-refractivity contribution >= 4 is 29.0 Å². The molecule has 6 nitrogen and oxygen atoms in total. The van der Waals surface area contributed by atoms with Crippen molar-refractivity contribution in [3.05, 3.63) is 29.8 Å². The van der Waals surface area contributed by atoms with Crippen LogP contribution in [0.15, 0.2) is 24.3 Å². The first-order chi connectivity index (χ1) is 8.93. The number of hydrogen-bond acceptors (Lipinski definition) is 5. The molecule has 0 radical (unpaired) electrons. The Hall–Kier alpha value is -1.70. The van der Waals surface area contributed by atoms with Crippen LogP contribution >= 0.6 is 12.2 Å². The fourth-order valence-electron chi connectivity index (χ4n) is 1.49. The minimum absolute atomic E-state index is 0.138. The monoisotopic (exact) mass is 284 g/mol. The molecule has 2 atom stereocenters. The summed E-state index contributed by atoms with van der Waals surface area (Å²) in [5, 5.41) is 22.4. The first-order valence-electron chi connectivity index (χ1n) is 5.53. The first-order valence-corrected chi connectivity index (χ1v) is 5.94. The van der Waals surface area contributed by atoms with Crippen molar-refractivity contribution in [1.29, 1.82) is 0 Å². The van der Waals surface area contributed by atoms with Gasteiger partial charge in [0.05, 0.1) is 19.6 Å². The summed E-state index contributed by atoms with van der Waals surface area (Å²) >= 11 is 4.69. The molecule has 1 rings (SSSR count). The maximum absolute atomic E-state index is 11.0. The lowest BCUT2D eigenvalue weighted by atomic mass is 10.0. The molecule has 0 amide bonds. The molecule has 0 saturated carbocycles. The molecule has 19 heavy (non-hydrogen) atoms. The van der Waals surface area contributed by atoms with E-state index in [1.165, 1.54) is 7.11 Å². The standard InChI is InChI=1S/C12H16N2O4S/c1-18-10(16)6-9(15)11(17)7-2-4-8(5-3-7)14-12(13)19/h2-5,9,11,15,17H,6H2,1H3,(H3,13,14,19). The molecule has 0 aliphatic rings. The topological polar surface area (TPSA) is 105 Å². The third kappa shape index (κ3) is 4.82. The number of methoxy groups -OCH3 is 1. The van der Waals surface area contributed by atoms with Crippen LogP contribution < -0.4 is 11.1 Å². The summed E-state index contributed by atoms with van der Waals surface area (Å²) in [5.41, 5.74) is 6.47. The summed E-state index contributed by atoms with van der Waals surface area (Å²) in [6.07, 6.45) is -2.66. The molecule has 5 N–H and O–H groups in total. The zero-order valence-corrected chi connectivity index (χ0v) is 11.2. The van der Waals surface area contributed by atoms with E-state index in [0.717, 1.165) is 0 Å². The van der Waals surface area contributed by atoms with Gasteiger partial charge in [0.1, 0.15) is 6.10 Å². The van der Waals surface area contributed by atoms with Crippen LogP contribution in [-0.2, 0) is 9.53 Å². The van der Waals surface area contributed by atoms with Gasteiger partial charge >= 0.3 is 5.97 Å². The molecule has 0 aliphatic heterocycles. The number of ether oxygens (including phenoxy) is 1. The molecule has 0 fully saturated rings. The van der Waals surface area contributed by atoms with E-state index in [1.54, 1.807) is 24.3 Å². The van der Waals surface area contributed by atoms with Crippen LogP contribution in [0.2, 0.25) is 0 Å². The van der Waals surface area contributed by atoms with Crippen molar-refractivity contribution in [2.45, 2.75) is 18.6 Å². The Morgan fingerprint density at radius 2 is 2.00 bits per heavy atom. The van der Waals surface area contributed by atoms with E-state index in [9.17, 15) is 15.0 Å². The largest absolute Gasteiger partial charge is 0.469 e. The Balaban J connectivity index is 2.69. The number of esters is 1. The van der Waals surface area contributed by atoms with Crippen LogP contribution in [0.3, 0.4) is 0 Å². The molecule has 0 spiro atoms. The Morgan fingerprint density at radius 3 is 2.47 bits per heavy atom. The molecular formula is C12H16N2O4S. The molecule has 104 valence electrons. The molecule has 1 aromatic carbocycles. The van der Waals surface area contributed by atoms with E-state index in [4.69, 9.17) is 18.0 Å². The van der Waals surface area contributed by atoms with Crippen molar-refractivity contribution in [3.63, 3.8) is 0 Å². The second kappa shape index (κ2) is 7.03. The maximum Gasteiger partial charge on any atom is 0.308 e. The fraction of sp³-hybridized carbons (Fsp3) is 0.333. The molecule has 0 heterocycles. The molecule has 0 bridgehead atoms. The van der Waals surface area contributed by atoms with Crippen LogP contribution in [0.5, 0.6) is 0 Å². The Morgan fingerprint density at radius 1 is 1.42 bits per heavy atom. The number of nitrogens with two attached hydrogens (primary N) is 1. The van der Waals surface area contributed by atoms with Gasteiger partial charge in [0.15, 0.2) is 5.11 Å². The van der Waals surface area contributed by atoms with E-state index in [0.29, 0.717) is 11.3 Å². The molecule has 0 aliphatic carbocycles. The third-order valence-corrected chi connectivity index (χ3v) is 2.59. The third-order valence-electron chi connectivity index (χ3n) is 2.49. The van der Waals surface area contributed by atoms with Gasteiger partial charge in [-0.2, -0.15) is 0 Å². The molecular weight excluding hydrogens is 268 g/mol. The lowest BCUT2D eigenvalue weighted by molar-refractivity contribution is -0.144. The smallest absolute Gasteiger partial charge is 0.308 e. The van der Waals surface area contributed by atoms with Crippen molar-refractivity contribution in [2.24, 2.45) is 5.73 Å². The summed E-state index contributed by atoms with van der Waals surface area (Å²) in [6, 6.07) is 6.52. The van der Waals surface area contributed by atoms with Gasteiger partial charge in [-0.1, -0.05) is 12.1 Å². The Kier molecular flexibility index (Phi) is 5.68. The summed E-state index contributed by atoms with van der Waals surface area (Å²) in [4.78, 5) is 11.0. The van der Waals surface area contributed by atoms with Crippen LogP contribution in [0, 0.1) is 0 Å². The molecule has 1 aromatic rings. The highest BCUT2D eigenvalue weighted by atomic mass is 32.1. The van der Waals surface area contributed by atoms with Gasteiger partial charge in [0, 0.05) is 5.69 Å². The van der Waals surface area contributed by atoms with Crippen molar-refractivity contribution in [2.75, 3.05) is 12.4 Å². The van der Waals surface area contributed by atoms with Crippen LogP contribution in [0.25, 0.3) is 0 Å². The van der Waals surface area contributed by atoms with Crippen molar-refractivity contribution in [3.8, 4) is 0 Å². The number of benzene rings is 1. The number of anilines is 1. The zero-order chi connectivity index (χ0) is 14.4. The van der Waals surface area contributed by atoms with Crippen LogP contribution in [0.4, 0.5) is 5.69 Å². The predicted molar refractivity (Wildman–Crippen MR) is 74.4 cm³/mol. The second-order valence-electron chi connectivity index (χ2n) is 3.90. The van der Waals surface area contributed by atoms with Gasteiger partial charge in [0.2, 0.25) is 0 Å². The predicted octanol–water partition coefficient (Wildman–Crippen LogP) is 0.300. The number of rotatable bonds is 5. The number of aliphatic hydroxyl groups is 2. The van der Waals surface area contributed by atoms with E-state index in [1.807, 2.05) is 0 Å². The van der Waals surface area contributed by atoms with Gasteiger partial charge in [0.25, 0.3) is 0 Å². The fourth-order valence-corrected chi connectivity index (χ4v) is 1.61. The molecule has 2 unspecified atom stereocenters. The van der Waals surface area contributed by atoms with Crippen LogP contribution in [-0.4, -0.2) is 34.5 Å². The normalized spacial score (nSPS) is 13.4. The minimum Gasteiger partial charge on any atom is -0.469 e. The van der Waals surface area contributed by atoms with Gasteiger partial charge < -0.3 is 26.0 Å². The summed E-state index contributed by atoms with van der Waals surface area (Å²) in [5.74, 6) is -0.585. The number of nitrogens with one attached hydrogen (secondary N) is 1. The number of carbonyl (C=O) groups excluding carboxylic acids is 1. The number of hydrogen-bond donors (Lipinski definition) is 4. The van der Waals surface area contributed by atoms with E-state index in [-0.39, 0.29) is 11.5 Å². The number of thiocarbonyl (C=S) groups is 1. The lowest BCUT2D eigenvalue weighted by Crippen LogP contribution is -2.22.